The summed E-state index contributed by atoms with van der Waals surface area (Å²) >= 11 is 0. The Morgan fingerprint density at radius 3 is 2.48 bits per heavy atom. The van der Waals surface area contributed by atoms with Crippen LogP contribution in [-0.2, 0) is 16.4 Å². The maximum Gasteiger partial charge on any atom is 0.229 e. The monoisotopic (exact) mass is 388 g/mol. The number of aromatic nitrogens is 2. The van der Waals surface area contributed by atoms with E-state index in [1.807, 2.05) is 12.1 Å². The number of piperidine rings is 1. The van der Waals surface area contributed by atoms with Gasteiger partial charge in [-0.15, -0.1) is 0 Å². The van der Waals surface area contributed by atoms with Crippen molar-refractivity contribution in [1.82, 2.24) is 15.1 Å². The molecule has 0 saturated carbocycles. The largest absolute Gasteiger partial charge is 0.303 e. The molecule has 1 aromatic carbocycles. The molecule has 0 amide bonds. The third kappa shape index (κ3) is 5.83. The predicted molar refractivity (Wildman–Crippen MR) is 104 cm³/mol. The standard InChI is InChI=1S/C19H24N4O3S/c1-27(25,26)22-18-6-4-15(5-7-18)19(24)16-8-12-23(13-9-16)14-10-17-3-2-11-20-21-17/h2-7,11,16,22H,8-10,12-14H2,1H3. The molecule has 1 N–H and O–H groups in total. The molecule has 0 radical (unpaired) electrons. The van der Waals surface area contributed by atoms with Crippen LogP contribution in [0.3, 0.4) is 0 Å². The van der Waals surface area contributed by atoms with Gasteiger partial charge in [-0.25, -0.2) is 8.42 Å². The molecule has 27 heavy (non-hydrogen) atoms. The molecule has 0 unspecified atom stereocenters. The third-order valence-corrected chi connectivity index (χ3v) is 5.35. The molecule has 0 aliphatic carbocycles. The summed E-state index contributed by atoms with van der Waals surface area (Å²) in [4.78, 5) is 15.1. The normalized spacial score (nSPS) is 16.2. The van der Waals surface area contributed by atoms with E-state index in [1.54, 1.807) is 30.5 Å². The number of rotatable bonds is 7. The van der Waals surface area contributed by atoms with Crippen LogP contribution in [0.25, 0.3) is 0 Å². The number of anilines is 1. The minimum Gasteiger partial charge on any atom is -0.303 e. The van der Waals surface area contributed by atoms with Crippen molar-refractivity contribution in [2.45, 2.75) is 19.3 Å². The van der Waals surface area contributed by atoms with Gasteiger partial charge in [0.15, 0.2) is 5.78 Å². The van der Waals surface area contributed by atoms with Gasteiger partial charge in [0.05, 0.1) is 11.9 Å². The summed E-state index contributed by atoms with van der Waals surface area (Å²) in [5.74, 6) is 0.154. The molecule has 1 aromatic heterocycles. The molecule has 1 aliphatic rings. The van der Waals surface area contributed by atoms with Crippen molar-refractivity contribution < 1.29 is 13.2 Å². The lowest BCUT2D eigenvalue weighted by atomic mass is 9.89. The van der Waals surface area contributed by atoms with E-state index in [0.29, 0.717) is 11.3 Å². The van der Waals surface area contributed by atoms with Crippen molar-refractivity contribution in [2.24, 2.45) is 5.92 Å². The van der Waals surface area contributed by atoms with E-state index < -0.39 is 10.0 Å². The van der Waals surface area contributed by atoms with Gasteiger partial charge in [0.25, 0.3) is 0 Å². The number of Topliss-reactive ketones (excluding diaryl/α,β-unsaturated/α-hetero) is 1. The summed E-state index contributed by atoms with van der Waals surface area (Å²) in [6, 6.07) is 10.5. The molecule has 2 heterocycles. The van der Waals surface area contributed by atoms with Crippen molar-refractivity contribution in [2.75, 3.05) is 30.6 Å². The van der Waals surface area contributed by atoms with Crippen molar-refractivity contribution in [1.29, 1.82) is 0 Å². The van der Waals surface area contributed by atoms with Gasteiger partial charge in [-0.3, -0.25) is 9.52 Å². The van der Waals surface area contributed by atoms with Gasteiger partial charge in [0, 0.05) is 36.3 Å². The number of sulfonamides is 1. The summed E-state index contributed by atoms with van der Waals surface area (Å²) in [6.07, 6.45) is 5.31. The number of carbonyl (C=O) groups is 1. The highest BCUT2D eigenvalue weighted by Gasteiger charge is 2.25. The van der Waals surface area contributed by atoms with Crippen molar-refractivity contribution in [3.05, 3.63) is 53.9 Å². The minimum absolute atomic E-state index is 0.0199. The number of hydrogen-bond donors (Lipinski definition) is 1. The van der Waals surface area contributed by atoms with Gasteiger partial charge >= 0.3 is 0 Å². The van der Waals surface area contributed by atoms with E-state index in [0.717, 1.165) is 50.8 Å². The van der Waals surface area contributed by atoms with Gasteiger partial charge < -0.3 is 4.90 Å². The quantitative estimate of drug-likeness (QED) is 0.729. The molecule has 0 atom stereocenters. The topological polar surface area (TPSA) is 92.3 Å². The fourth-order valence-corrected chi connectivity index (χ4v) is 3.87. The highest BCUT2D eigenvalue weighted by molar-refractivity contribution is 7.92. The molecule has 3 rings (SSSR count). The Morgan fingerprint density at radius 1 is 1.19 bits per heavy atom. The average Bonchev–Trinajstić information content (AvgIpc) is 2.66. The Kier molecular flexibility index (Phi) is 6.18. The fourth-order valence-electron chi connectivity index (χ4n) is 3.31. The second kappa shape index (κ2) is 8.58. The van der Waals surface area contributed by atoms with Gasteiger partial charge in [0.1, 0.15) is 0 Å². The SMILES string of the molecule is CS(=O)(=O)Nc1ccc(C(=O)C2CCN(CCc3cccnn3)CC2)cc1. The highest BCUT2D eigenvalue weighted by atomic mass is 32.2. The molecule has 7 nitrogen and oxygen atoms in total. The molecule has 144 valence electrons. The Morgan fingerprint density at radius 2 is 1.89 bits per heavy atom. The molecule has 1 aliphatic heterocycles. The third-order valence-electron chi connectivity index (χ3n) is 4.74. The Hall–Kier alpha value is -2.32. The number of carbonyl (C=O) groups excluding carboxylic acids is 1. The van der Waals surface area contributed by atoms with E-state index in [1.165, 1.54) is 0 Å². The Bertz CT molecular complexity index is 862. The van der Waals surface area contributed by atoms with Crippen LogP contribution in [-0.4, -0.2) is 55.2 Å². The summed E-state index contributed by atoms with van der Waals surface area (Å²) in [7, 11) is -3.31. The zero-order valence-electron chi connectivity index (χ0n) is 15.3. The first-order chi connectivity index (χ1) is 12.9. The first kappa shape index (κ1) is 19.4. The van der Waals surface area contributed by atoms with Gasteiger partial charge in [-0.2, -0.15) is 10.2 Å². The summed E-state index contributed by atoms with van der Waals surface area (Å²) in [5.41, 5.74) is 2.08. The van der Waals surface area contributed by atoms with Crippen LogP contribution in [0.2, 0.25) is 0 Å². The lowest BCUT2D eigenvalue weighted by Gasteiger charge is -2.31. The van der Waals surface area contributed by atoms with Crippen LogP contribution in [0.4, 0.5) is 5.69 Å². The summed E-state index contributed by atoms with van der Waals surface area (Å²) in [6.45, 7) is 2.71. The molecule has 1 fully saturated rings. The van der Waals surface area contributed by atoms with Crippen LogP contribution in [0, 0.1) is 5.92 Å². The lowest BCUT2D eigenvalue weighted by molar-refractivity contribution is 0.0841. The minimum atomic E-state index is -3.31. The maximum absolute atomic E-state index is 12.7. The fraction of sp³-hybridized carbons (Fsp3) is 0.421. The molecule has 2 aromatic rings. The number of ketones is 1. The van der Waals surface area contributed by atoms with E-state index in [-0.39, 0.29) is 11.7 Å². The van der Waals surface area contributed by atoms with E-state index >= 15 is 0 Å². The van der Waals surface area contributed by atoms with Crippen LogP contribution >= 0.6 is 0 Å². The van der Waals surface area contributed by atoms with Crippen molar-refractivity contribution in [3.8, 4) is 0 Å². The van der Waals surface area contributed by atoms with Crippen molar-refractivity contribution >= 4 is 21.5 Å². The zero-order valence-corrected chi connectivity index (χ0v) is 16.2. The molecule has 0 bridgehead atoms. The molecule has 0 spiro atoms. The number of benzene rings is 1. The molecule has 1 saturated heterocycles. The van der Waals surface area contributed by atoms with Crippen LogP contribution in [0.5, 0.6) is 0 Å². The van der Waals surface area contributed by atoms with Gasteiger partial charge in [-0.05, 0) is 62.3 Å². The zero-order chi connectivity index (χ0) is 19.3. The molecular weight excluding hydrogens is 364 g/mol. The van der Waals surface area contributed by atoms with Crippen LogP contribution < -0.4 is 4.72 Å². The second-order valence-electron chi connectivity index (χ2n) is 6.90. The number of nitrogens with one attached hydrogen (secondary N) is 1. The average molecular weight is 388 g/mol. The van der Waals surface area contributed by atoms with Crippen LogP contribution in [0.15, 0.2) is 42.6 Å². The van der Waals surface area contributed by atoms with Crippen molar-refractivity contribution in [3.63, 3.8) is 0 Å². The smallest absolute Gasteiger partial charge is 0.229 e. The van der Waals surface area contributed by atoms with Crippen LogP contribution in [0.1, 0.15) is 28.9 Å². The highest BCUT2D eigenvalue weighted by Crippen LogP contribution is 2.23. The maximum atomic E-state index is 12.7. The predicted octanol–water partition coefficient (Wildman–Crippen LogP) is 1.99. The number of likely N-dealkylation sites (tertiary alicyclic amines) is 1. The second-order valence-corrected chi connectivity index (χ2v) is 8.65. The van der Waals surface area contributed by atoms with Gasteiger partial charge in [-0.1, -0.05) is 0 Å². The Balaban J connectivity index is 1.49. The first-order valence-electron chi connectivity index (χ1n) is 9.02. The van der Waals surface area contributed by atoms with E-state index in [9.17, 15) is 13.2 Å². The molecule has 8 heteroatoms. The Labute approximate surface area is 159 Å². The number of nitrogens with zero attached hydrogens (tertiary/aromatic N) is 3. The van der Waals surface area contributed by atoms with E-state index in [2.05, 4.69) is 19.8 Å². The summed E-state index contributed by atoms with van der Waals surface area (Å²) in [5, 5.41) is 7.99. The number of hydrogen-bond acceptors (Lipinski definition) is 6. The molecular formula is C19H24N4O3S. The lowest BCUT2D eigenvalue weighted by Crippen LogP contribution is -2.37. The first-order valence-corrected chi connectivity index (χ1v) is 10.9. The van der Waals surface area contributed by atoms with E-state index in [4.69, 9.17) is 0 Å². The summed E-state index contributed by atoms with van der Waals surface area (Å²) < 4.78 is 24.9. The van der Waals surface area contributed by atoms with Gasteiger partial charge in [0.2, 0.25) is 10.0 Å².